The van der Waals surface area contributed by atoms with Crippen molar-refractivity contribution in [2.45, 2.75) is 59.0 Å². The summed E-state index contributed by atoms with van der Waals surface area (Å²) in [5, 5.41) is 0. The normalized spacial score (nSPS) is 20.6. The maximum absolute atomic E-state index is 12.7. The van der Waals surface area contributed by atoms with Crippen LogP contribution >= 0.6 is 18.0 Å². The lowest BCUT2D eigenvalue weighted by Crippen LogP contribution is -2.25. The molecular weight excluding hydrogens is 277 g/mol. The Morgan fingerprint density at radius 2 is 1.79 bits per heavy atom. The fourth-order valence-corrected chi connectivity index (χ4v) is 6.29. The van der Waals surface area contributed by atoms with Gasteiger partial charge in [-0.05, 0) is 25.9 Å². The highest BCUT2D eigenvalue weighted by Gasteiger charge is 2.27. The van der Waals surface area contributed by atoms with Gasteiger partial charge in [0.05, 0.1) is 6.10 Å². The van der Waals surface area contributed by atoms with Crippen LogP contribution in [0.5, 0.6) is 0 Å². The van der Waals surface area contributed by atoms with E-state index in [0.717, 1.165) is 38.2 Å². The average molecular weight is 307 g/mol. The standard InChI is InChI=1S/C14H30NO2PS/c1-4-15(5-2)12-13-19-18(16,6-3)17-14-10-8-7-9-11-14/h14H,4-13H2,1-3H3. The number of rotatable bonds is 9. The van der Waals surface area contributed by atoms with Crippen molar-refractivity contribution in [1.29, 1.82) is 0 Å². The molecule has 0 radical (unpaired) electrons. The van der Waals surface area contributed by atoms with Crippen LogP contribution in [0.4, 0.5) is 0 Å². The van der Waals surface area contributed by atoms with Crippen LogP contribution in [0.25, 0.3) is 0 Å². The van der Waals surface area contributed by atoms with Gasteiger partial charge in [0.15, 0.2) is 0 Å². The molecule has 0 aromatic rings. The molecule has 1 aliphatic carbocycles. The monoisotopic (exact) mass is 307 g/mol. The highest BCUT2D eigenvalue weighted by atomic mass is 32.7. The van der Waals surface area contributed by atoms with Crippen molar-refractivity contribution in [3.05, 3.63) is 0 Å². The van der Waals surface area contributed by atoms with E-state index < -0.39 is 6.57 Å². The van der Waals surface area contributed by atoms with Gasteiger partial charge in [-0.2, -0.15) is 0 Å². The molecule has 0 amide bonds. The first-order valence-corrected chi connectivity index (χ1v) is 11.2. The van der Waals surface area contributed by atoms with Crippen molar-refractivity contribution in [2.75, 3.05) is 31.5 Å². The molecule has 0 aromatic heterocycles. The molecule has 0 heterocycles. The van der Waals surface area contributed by atoms with Crippen LogP contribution in [0, 0.1) is 0 Å². The van der Waals surface area contributed by atoms with Crippen LogP contribution in [0.3, 0.4) is 0 Å². The van der Waals surface area contributed by atoms with E-state index in [9.17, 15) is 4.57 Å². The van der Waals surface area contributed by atoms with E-state index in [0.29, 0.717) is 6.16 Å². The molecule has 0 saturated heterocycles. The van der Waals surface area contributed by atoms with Gasteiger partial charge in [-0.15, -0.1) is 0 Å². The van der Waals surface area contributed by atoms with Crippen molar-refractivity contribution < 1.29 is 9.09 Å². The van der Waals surface area contributed by atoms with E-state index in [1.807, 2.05) is 6.92 Å². The zero-order valence-electron chi connectivity index (χ0n) is 12.8. The van der Waals surface area contributed by atoms with Crippen molar-refractivity contribution in [3.8, 4) is 0 Å². The number of hydrogen-bond acceptors (Lipinski definition) is 4. The van der Waals surface area contributed by atoms with E-state index >= 15 is 0 Å². The predicted molar refractivity (Wildman–Crippen MR) is 86.4 cm³/mol. The molecule has 19 heavy (non-hydrogen) atoms. The predicted octanol–water partition coefficient (Wildman–Crippen LogP) is 4.62. The molecule has 1 aliphatic rings. The Morgan fingerprint density at radius 1 is 1.16 bits per heavy atom. The second-order valence-electron chi connectivity index (χ2n) is 5.15. The average Bonchev–Trinajstić information content (AvgIpc) is 2.45. The van der Waals surface area contributed by atoms with E-state index in [4.69, 9.17) is 4.52 Å². The largest absolute Gasteiger partial charge is 0.318 e. The summed E-state index contributed by atoms with van der Waals surface area (Å²) in [6, 6.07) is 0. The lowest BCUT2D eigenvalue weighted by Gasteiger charge is -2.27. The Bertz CT molecular complexity index is 279. The van der Waals surface area contributed by atoms with Gasteiger partial charge in [0.25, 0.3) is 6.57 Å². The lowest BCUT2D eigenvalue weighted by molar-refractivity contribution is 0.164. The van der Waals surface area contributed by atoms with Crippen LogP contribution in [0.1, 0.15) is 52.9 Å². The molecule has 1 fully saturated rings. The quantitative estimate of drug-likeness (QED) is 0.581. The lowest BCUT2D eigenvalue weighted by atomic mass is 9.98. The Labute approximate surface area is 123 Å². The molecule has 1 unspecified atom stereocenters. The summed E-state index contributed by atoms with van der Waals surface area (Å²) < 4.78 is 18.7. The first-order chi connectivity index (χ1) is 9.13. The Kier molecular flexibility index (Phi) is 8.72. The summed E-state index contributed by atoms with van der Waals surface area (Å²) >= 11 is 1.57. The van der Waals surface area contributed by atoms with Gasteiger partial charge in [-0.1, -0.05) is 51.4 Å². The van der Waals surface area contributed by atoms with Crippen molar-refractivity contribution in [1.82, 2.24) is 4.90 Å². The topological polar surface area (TPSA) is 29.5 Å². The summed E-state index contributed by atoms with van der Waals surface area (Å²) in [6.07, 6.45) is 6.89. The highest BCUT2D eigenvalue weighted by molar-refractivity contribution is 8.56. The van der Waals surface area contributed by atoms with Crippen molar-refractivity contribution in [3.63, 3.8) is 0 Å². The van der Waals surface area contributed by atoms with Gasteiger partial charge in [-0.25, -0.2) is 0 Å². The van der Waals surface area contributed by atoms with E-state index in [2.05, 4.69) is 18.7 Å². The molecule has 1 atom stereocenters. The molecule has 1 saturated carbocycles. The Morgan fingerprint density at radius 3 is 2.32 bits per heavy atom. The SMILES string of the molecule is CCN(CC)CCSP(=O)(CC)OC1CCCCC1. The van der Waals surface area contributed by atoms with Gasteiger partial charge in [0, 0.05) is 18.5 Å². The van der Waals surface area contributed by atoms with Gasteiger partial charge in [0.1, 0.15) is 0 Å². The minimum atomic E-state index is -2.46. The molecule has 0 aliphatic heterocycles. The highest BCUT2D eigenvalue weighted by Crippen LogP contribution is 2.60. The fraction of sp³-hybridized carbons (Fsp3) is 1.00. The van der Waals surface area contributed by atoms with Gasteiger partial charge in [0.2, 0.25) is 0 Å². The molecule has 0 aromatic carbocycles. The summed E-state index contributed by atoms with van der Waals surface area (Å²) in [4.78, 5) is 2.37. The zero-order valence-corrected chi connectivity index (χ0v) is 14.5. The smallest absolute Gasteiger partial charge is 0.257 e. The van der Waals surface area contributed by atoms with Crippen molar-refractivity contribution in [2.24, 2.45) is 0 Å². The summed E-state index contributed by atoms with van der Waals surface area (Å²) in [7, 11) is 0. The van der Waals surface area contributed by atoms with E-state index in [1.165, 1.54) is 19.3 Å². The van der Waals surface area contributed by atoms with E-state index in [1.54, 1.807) is 11.4 Å². The first kappa shape index (κ1) is 17.6. The summed E-state index contributed by atoms with van der Waals surface area (Å²) in [6.45, 7) is 7.03. The minimum Gasteiger partial charge on any atom is -0.318 e. The van der Waals surface area contributed by atoms with Crippen LogP contribution < -0.4 is 0 Å². The van der Waals surface area contributed by atoms with Crippen LogP contribution in [-0.4, -0.2) is 42.6 Å². The van der Waals surface area contributed by atoms with Gasteiger partial charge < -0.3 is 9.42 Å². The Balaban J connectivity index is 2.34. The molecule has 1 rings (SSSR count). The maximum atomic E-state index is 12.7. The van der Waals surface area contributed by atoms with Crippen LogP contribution in [0.2, 0.25) is 0 Å². The third-order valence-corrected chi connectivity index (χ3v) is 8.75. The van der Waals surface area contributed by atoms with Gasteiger partial charge >= 0.3 is 0 Å². The molecule has 0 bridgehead atoms. The second-order valence-corrected chi connectivity index (χ2v) is 10.3. The maximum Gasteiger partial charge on any atom is 0.257 e. The summed E-state index contributed by atoms with van der Waals surface area (Å²) in [5.41, 5.74) is 0. The zero-order chi connectivity index (χ0) is 14.1. The second kappa shape index (κ2) is 9.44. The van der Waals surface area contributed by atoms with Crippen LogP contribution in [-0.2, 0) is 9.09 Å². The number of hydrogen-bond donors (Lipinski definition) is 0. The number of nitrogens with zero attached hydrogens (tertiary/aromatic N) is 1. The molecular formula is C14H30NO2PS. The minimum absolute atomic E-state index is 0.250. The summed E-state index contributed by atoms with van der Waals surface area (Å²) in [5.74, 6) is 0.916. The Hall–Kier alpha value is 0.500. The molecule has 0 N–H and O–H groups in total. The van der Waals surface area contributed by atoms with E-state index in [-0.39, 0.29) is 6.10 Å². The van der Waals surface area contributed by atoms with Crippen LogP contribution in [0.15, 0.2) is 0 Å². The fourth-order valence-electron chi connectivity index (χ4n) is 2.44. The first-order valence-electron chi connectivity index (χ1n) is 7.77. The molecule has 114 valence electrons. The molecule has 5 heteroatoms. The third kappa shape index (κ3) is 6.66. The van der Waals surface area contributed by atoms with Gasteiger partial charge in [-0.3, -0.25) is 4.57 Å². The molecule has 0 spiro atoms. The van der Waals surface area contributed by atoms with Crippen molar-refractivity contribution >= 4 is 18.0 Å². The third-order valence-electron chi connectivity index (χ3n) is 3.84. The molecule has 3 nitrogen and oxygen atoms in total.